The third-order valence-electron chi connectivity index (χ3n) is 4.00. The fraction of sp³-hybridized carbons (Fsp3) is 0.500. The Labute approximate surface area is 146 Å². The van der Waals surface area contributed by atoms with E-state index in [4.69, 9.17) is 4.42 Å². The second kappa shape index (κ2) is 6.73. The Bertz CT molecular complexity index is 819. The Kier molecular flexibility index (Phi) is 4.64. The number of aryl methyl sites for hydroxylation is 1. The number of amides is 1. The van der Waals surface area contributed by atoms with E-state index in [1.54, 1.807) is 30.9 Å². The Morgan fingerprint density at radius 2 is 2.28 bits per heavy atom. The van der Waals surface area contributed by atoms with E-state index in [1.165, 1.54) is 0 Å². The molecule has 3 rings (SSSR count). The van der Waals surface area contributed by atoms with Gasteiger partial charge in [0.05, 0.1) is 0 Å². The Morgan fingerprint density at radius 1 is 1.48 bits per heavy atom. The molecule has 132 valence electrons. The van der Waals surface area contributed by atoms with Crippen LogP contribution in [0.5, 0.6) is 0 Å². The number of carbonyl (C=O) groups excluding carboxylic acids is 1. The summed E-state index contributed by atoms with van der Waals surface area (Å²) in [6.45, 7) is 6.30. The Morgan fingerprint density at radius 3 is 2.96 bits per heavy atom. The van der Waals surface area contributed by atoms with Gasteiger partial charge >= 0.3 is 0 Å². The topological polar surface area (TPSA) is 95.2 Å². The van der Waals surface area contributed by atoms with Crippen molar-refractivity contribution in [2.24, 2.45) is 0 Å². The number of H-pyrrole nitrogens is 1. The number of hydrogen-bond donors (Lipinski definition) is 2. The average molecular weight is 342 g/mol. The third-order valence-corrected chi connectivity index (χ3v) is 4.00. The summed E-state index contributed by atoms with van der Waals surface area (Å²) in [6.07, 6.45) is 1.86. The first-order valence-electron chi connectivity index (χ1n) is 8.35. The average Bonchev–Trinajstić information content (AvgIpc) is 3.21. The quantitative estimate of drug-likeness (QED) is 0.812. The molecule has 0 aromatic carbocycles. The molecule has 7 heteroatoms. The number of likely N-dealkylation sites (tertiary alicyclic amines) is 1. The molecule has 2 N–H and O–H groups in total. The van der Waals surface area contributed by atoms with E-state index in [2.05, 4.69) is 27.0 Å². The van der Waals surface area contributed by atoms with Crippen molar-refractivity contribution >= 4 is 5.91 Å². The number of piperidine rings is 1. The molecular weight excluding hydrogens is 320 g/mol. The van der Waals surface area contributed by atoms with Gasteiger partial charge in [0.2, 0.25) is 0 Å². The van der Waals surface area contributed by atoms with Gasteiger partial charge in [0.1, 0.15) is 11.4 Å². The molecule has 1 fully saturated rings. The summed E-state index contributed by atoms with van der Waals surface area (Å²) in [5.41, 5.74) is -1.11. The molecule has 25 heavy (non-hydrogen) atoms. The molecule has 1 atom stereocenters. The minimum Gasteiger partial charge on any atom is -0.443 e. The van der Waals surface area contributed by atoms with E-state index in [0.29, 0.717) is 18.8 Å². The van der Waals surface area contributed by atoms with E-state index in [9.17, 15) is 9.90 Å². The van der Waals surface area contributed by atoms with E-state index in [0.717, 1.165) is 24.5 Å². The number of aromatic nitrogens is 3. The highest BCUT2D eigenvalue weighted by molar-refractivity contribution is 5.91. The first kappa shape index (κ1) is 17.2. The normalized spacial score (nSPS) is 17.9. The fourth-order valence-electron chi connectivity index (χ4n) is 2.81. The van der Waals surface area contributed by atoms with Gasteiger partial charge in [-0.2, -0.15) is 5.10 Å². The largest absolute Gasteiger partial charge is 0.443 e. The molecule has 2 aromatic rings. The van der Waals surface area contributed by atoms with Gasteiger partial charge in [-0.15, -0.1) is 0 Å². The summed E-state index contributed by atoms with van der Waals surface area (Å²) >= 11 is 0. The van der Waals surface area contributed by atoms with Gasteiger partial charge in [-0.25, -0.2) is 4.98 Å². The first-order valence-corrected chi connectivity index (χ1v) is 8.35. The molecule has 1 saturated heterocycles. The van der Waals surface area contributed by atoms with Crippen molar-refractivity contribution in [3.05, 3.63) is 35.3 Å². The Hall–Kier alpha value is -2.59. The molecule has 0 bridgehead atoms. The van der Waals surface area contributed by atoms with Crippen LogP contribution in [0.25, 0.3) is 0 Å². The highest BCUT2D eigenvalue weighted by Crippen LogP contribution is 2.25. The van der Waals surface area contributed by atoms with Gasteiger partial charge in [-0.05, 0) is 51.7 Å². The van der Waals surface area contributed by atoms with Crippen molar-refractivity contribution in [2.75, 3.05) is 13.1 Å². The number of nitrogens with one attached hydrogen (secondary N) is 1. The molecule has 3 heterocycles. The summed E-state index contributed by atoms with van der Waals surface area (Å²) in [6, 6.07) is 3.27. The molecule has 1 aliphatic rings. The SMILES string of the molecule is Cc1nc([C@@H]2CCCN(C(=O)c3ccc(C#CC(C)(C)O)o3)C2)n[nH]1. The van der Waals surface area contributed by atoms with Crippen LogP contribution in [-0.2, 0) is 0 Å². The number of nitrogens with zero attached hydrogens (tertiary/aromatic N) is 3. The molecule has 0 spiro atoms. The minimum absolute atomic E-state index is 0.132. The second-order valence-electron chi connectivity index (χ2n) is 6.84. The van der Waals surface area contributed by atoms with Crippen molar-refractivity contribution in [1.82, 2.24) is 20.1 Å². The second-order valence-corrected chi connectivity index (χ2v) is 6.84. The van der Waals surface area contributed by atoms with Gasteiger partial charge in [-0.3, -0.25) is 9.89 Å². The summed E-state index contributed by atoms with van der Waals surface area (Å²) in [4.78, 5) is 18.8. The molecule has 0 aliphatic carbocycles. The van der Waals surface area contributed by atoms with Gasteiger partial charge in [-0.1, -0.05) is 5.92 Å². The monoisotopic (exact) mass is 342 g/mol. The summed E-state index contributed by atoms with van der Waals surface area (Å²) in [7, 11) is 0. The fourth-order valence-corrected chi connectivity index (χ4v) is 2.81. The minimum atomic E-state index is -1.11. The van der Waals surface area contributed by atoms with Crippen molar-refractivity contribution in [2.45, 2.75) is 45.1 Å². The van der Waals surface area contributed by atoms with Gasteiger partial charge in [0, 0.05) is 19.0 Å². The number of hydrogen-bond acceptors (Lipinski definition) is 5. The highest BCUT2D eigenvalue weighted by atomic mass is 16.4. The number of carbonyl (C=O) groups is 1. The molecule has 1 aliphatic heterocycles. The van der Waals surface area contributed by atoms with Crippen LogP contribution >= 0.6 is 0 Å². The zero-order valence-electron chi connectivity index (χ0n) is 14.7. The molecule has 0 saturated carbocycles. The van der Waals surface area contributed by atoms with E-state index in [-0.39, 0.29) is 17.6 Å². The summed E-state index contributed by atoms with van der Waals surface area (Å²) in [5, 5.41) is 16.7. The lowest BCUT2D eigenvalue weighted by molar-refractivity contribution is 0.0672. The Balaban J connectivity index is 1.70. The zero-order chi connectivity index (χ0) is 18.0. The maximum absolute atomic E-state index is 12.7. The van der Waals surface area contributed by atoms with E-state index < -0.39 is 5.60 Å². The van der Waals surface area contributed by atoms with E-state index in [1.807, 2.05) is 6.92 Å². The predicted octanol–water partition coefficient (Wildman–Crippen LogP) is 1.85. The van der Waals surface area contributed by atoms with Crippen molar-refractivity contribution in [1.29, 1.82) is 0 Å². The number of aromatic amines is 1. The molecule has 1 amide bonds. The molecule has 0 radical (unpaired) electrons. The van der Waals surface area contributed by atoms with Crippen LogP contribution in [0.4, 0.5) is 0 Å². The molecule has 0 unspecified atom stereocenters. The highest BCUT2D eigenvalue weighted by Gasteiger charge is 2.29. The summed E-state index contributed by atoms with van der Waals surface area (Å²) in [5.74, 6) is 7.53. The van der Waals surface area contributed by atoms with Crippen LogP contribution in [0.2, 0.25) is 0 Å². The lowest BCUT2D eigenvalue weighted by atomic mass is 9.97. The molecular formula is C18H22N4O3. The van der Waals surface area contributed by atoms with E-state index >= 15 is 0 Å². The van der Waals surface area contributed by atoms with Crippen molar-refractivity contribution in [3.63, 3.8) is 0 Å². The third kappa shape index (κ3) is 4.28. The zero-order valence-corrected chi connectivity index (χ0v) is 14.7. The van der Waals surface area contributed by atoms with Crippen LogP contribution in [0, 0.1) is 18.8 Å². The molecule has 2 aromatic heterocycles. The number of aliphatic hydroxyl groups is 1. The van der Waals surface area contributed by atoms with Crippen molar-refractivity contribution in [3.8, 4) is 11.8 Å². The standard InChI is InChI=1S/C18H22N4O3/c1-12-19-16(21-20-12)13-5-4-10-22(11-13)17(23)15-7-6-14(25-15)8-9-18(2,3)24/h6-7,13,24H,4-5,10-11H2,1-3H3,(H,19,20,21)/t13-/m1/s1. The number of rotatable bonds is 2. The summed E-state index contributed by atoms with van der Waals surface area (Å²) < 4.78 is 5.53. The lowest BCUT2D eigenvalue weighted by Gasteiger charge is -2.30. The first-order chi connectivity index (χ1) is 11.8. The van der Waals surface area contributed by atoms with Crippen molar-refractivity contribution < 1.29 is 14.3 Å². The van der Waals surface area contributed by atoms with Crippen LogP contribution in [0.3, 0.4) is 0 Å². The van der Waals surface area contributed by atoms with Gasteiger partial charge in [0.25, 0.3) is 5.91 Å². The number of furan rings is 1. The van der Waals surface area contributed by atoms with Crippen LogP contribution in [-0.4, -0.2) is 49.8 Å². The molecule has 7 nitrogen and oxygen atoms in total. The maximum Gasteiger partial charge on any atom is 0.289 e. The predicted molar refractivity (Wildman–Crippen MR) is 90.9 cm³/mol. The maximum atomic E-state index is 12.7. The van der Waals surface area contributed by atoms with Gasteiger partial charge in [0.15, 0.2) is 17.3 Å². The smallest absolute Gasteiger partial charge is 0.289 e. The van der Waals surface area contributed by atoms with Crippen LogP contribution < -0.4 is 0 Å². The van der Waals surface area contributed by atoms with Crippen LogP contribution in [0.1, 0.15) is 60.6 Å². The van der Waals surface area contributed by atoms with Crippen LogP contribution in [0.15, 0.2) is 16.5 Å². The lowest BCUT2D eigenvalue weighted by Crippen LogP contribution is -2.39. The van der Waals surface area contributed by atoms with Gasteiger partial charge < -0.3 is 14.4 Å².